The molecule has 0 fully saturated rings. The summed E-state index contributed by atoms with van der Waals surface area (Å²) in [7, 11) is 0. The Bertz CT molecular complexity index is 986. The van der Waals surface area contributed by atoms with Crippen LogP contribution in [-0.2, 0) is 11.8 Å². The first-order valence-electron chi connectivity index (χ1n) is 9.71. The van der Waals surface area contributed by atoms with Crippen molar-refractivity contribution in [3.05, 3.63) is 69.4 Å². The van der Waals surface area contributed by atoms with E-state index in [1.165, 1.54) is 50.0 Å². The summed E-state index contributed by atoms with van der Waals surface area (Å²) >= 11 is 0. The van der Waals surface area contributed by atoms with E-state index in [4.69, 9.17) is 0 Å². The highest BCUT2D eigenvalue weighted by molar-refractivity contribution is 5.88. The predicted molar refractivity (Wildman–Crippen MR) is 111 cm³/mol. The highest BCUT2D eigenvalue weighted by Crippen LogP contribution is 2.36. The topological polar surface area (TPSA) is 27.8 Å². The molecule has 2 N–H and O–H groups in total. The summed E-state index contributed by atoms with van der Waals surface area (Å²) < 4.78 is 0. The van der Waals surface area contributed by atoms with Crippen molar-refractivity contribution in [2.45, 2.75) is 59.4 Å². The van der Waals surface area contributed by atoms with E-state index in [0.29, 0.717) is 0 Å². The lowest BCUT2D eigenvalue weighted by molar-refractivity contribution is 0.553. The van der Waals surface area contributed by atoms with Crippen LogP contribution in [0.1, 0.15) is 65.9 Å². The number of rotatable bonds is 1. The Labute approximate surface area is 157 Å². The number of aromatic nitrogens is 1. The second kappa shape index (κ2) is 5.99. The van der Waals surface area contributed by atoms with Gasteiger partial charge < -0.3 is 10.3 Å². The molecule has 4 rings (SSSR count). The van der Waals surface area contributed by atoms with Crippen molar-refractivity contribution in [2.75, 3.05) is 6.54 Å². The van der Waals surface area contributed by atoms with Crippen molar-refractivity contribution in [1.29, 1.82) is 0 Å². The van der Waals surface area contributed by atoms with E-state index in [0.717, 1.165) is 13.0 Å². The molecule has 2 heterocycles. The summed E-state index contributed by atoms with van der Waals surface area (Å²) in [6.07, 6.45) is 1.09. The van der Waals surface area contributed by atoms with Gasteiger partial charge in [-0.2, -0.15) is 0 Å². The van der Waals surface area contributed by atoms with Crippen LogP contribution in [0.3, 0.4) is 0 Å². The monoisotopic (exact) mass is 346 g/mol. The Morgan fingerprint density at radius 1 is 0.923 bits per heavy atom. The lowest BCUT2D eigenvalue weighted by Gasteiger charge is -2.27. The Kier molecular flexibility index (Phi) is 4.00. The molecule has 0 radical (unpaired) electrons. The Balaban J connectivity index is 1.89. The van der Waals surface area contributed by atoms with E-state index >= 15 is 0 Å². The van der Waals surface area contributed by atoms with Crippen LogP contribution < -0.4 is 5.32 Å². The van der Waals surface area contributed by atoms with Gasteiger partial charge in [0.1, 0.15) is 0 Å². The van der Waals surface area contributed by atoms with Crippen LogP contribution in [0.25, 0.3) is 10.9 Å². The summed E-state index contributed by atoms with van der Waals surface area (Å²) in [5.41, 5.74) is 11.1. The quantitative estimate of drug-likeness (QED) is 0.587. The molecule has 2 aromatic carbocycles. The number of aromatic amines is 1. The van der Waals surface area contributed by atoms with Crippen LogP contribution in [0.5, 0.6) is 0 Å². The van der Waals surface area contributed by atoms with Crippen molar-refractivity contribution in [3.63, 3.8) is 0 Å². The molecule has 26 heavy (non-hydrogen) atoms. The number of benzene rings is 2. The first-order chi connectivity index (χ1) is 12.2. The van der Waals surface area contributed by atoms with E-state index in [1.807, 2.05) is 0 Å². The zero-order valence-electron chi connectivity index (χ0n) is 16.9. The molecule has 1 aliphatic rings. The maximum absolute atomic E-state index is 3.78. The van der Waals surface area contributed by atoms with Crippen LogP contribution in [0.15, 0.2) is 30.3 Å². The van der Waals surface area contributed by atoms with Crippen LogP contribution in [0.2, 0.25) is 0 Å². The van der Waals surface area contributed by atoms with Gasteiger partial charge in [0.25, 0.3) is 0 Å². The van der Waals surface area contributed by atoms with E-state index in [2.05, 4.69) is 82.2 Å². The SMILES string of the molecule is Cc1cc(C2NCCc3c2[nH]c2c(C)cc(C)cc32)cc(C(C)(C)C)c1. The maximum atomic E-state index is 3.78. The Hall–Kier alpha value is -2.06. The van der Waals surface area contributed by atoms with Gasteiger partial charge in [0.05, 0.1) is 6.04 Å². The first-order valence-corrected chi connectivity index (χ1v) is 9.71. The molecule has 0 spiro atoms. The summed E-state index contributed by atoms with van der Waals surface area (Å²) in [4.78, 5) is 3.78. The number of hydrogen-bond donors (Lipinski definition) is 2. The molecule has 1 aliphatic heterocycles. The third-order valence-corrected chi connectivity index (χ3v) is 5.70. The number of hydrogen-bond acceptors (Lipinski definition) is 1. The van der Waals surface area contributed by atoms with E-state index in [1.54, 1.807) is 0 Å². The minimum Gasteiger partial charge on any atom is -0.356 e. The van der Waals surface area contributed by atoms with Crippen molar-refractivity contribution in [3.8, 4) is 0 Å². The lowest BCUT2D eigenvalue weighted by Crippen LogP contribution is -2.30. The van der Waals surface area contributed by atoms with E-state index in [9.17, 15) is 0 Å². The molecule has 0 bridgehead atoms. The van der Waals surface area contributed by atoms with Gasteiger partial charge in [-0.25, -0.2) is 0 Å². The number of nitrogens with one attached hydrogen (secondary N) is 2. The Morgan fingerprint density at radius 3 is 2.38 bits per heavy atom. The van der Waals surface area contributed by atoms with Crippen LogP contribution >= 0.6 is 0 Å². The number of aryl methyl sites for hydroxylation is 3. The van der Waals surface area contributed by atoms with Crippen LogP contribution in [0, 0.1) is 20.8 Å². The normalized spacial score (nSPS) is 17.5. The fraction of sp³-hybridized carbons (Fsp3) is 0.417. The largest absolute Gasteiger partial charge is 0.356 e. The molecule has 1 unspecified atom stereocenters. The van der Waals surface area contributed by atoms with Crippen LogP contribution in [-0.4, -0.2) is 11.5 Å². The van der Waals surface area contributed by atoms with Gasteiger partial charge in [0.2, 0.25) is 0 Å². The van der Waals surface area contributed by atoms with E-state index in [-0.39, 0.29) is 11.5 Å². The Morgan fingerprint density at radius 2 is 1.65 bits per heavy atom. The molecular weight excluding hydrogens is 316 g/mol. The summed E-state index contributed by atoms with van der Waals surface area (Å²) in [5, 5.41) is 5.17. The predicted octanol–water partition coefficient (Wildman–Crippen LogP) is 5.63. The molecule has 1 atom stereocenters. The van der Waals surface area contributed by atoms with Crippen molar-refractivity contribution in [1.82, 2.24) is 10.3 Å². The zero-order valence-corrected chi connectivity index (χ0v) is 16.9. The smallest absolute Gasteiger partial charge is 0.0732 e. The second-order valence-electron chi connectivity index (χ2n) is 9.04. The molecule has 136 valence electrons. The van der Waals surface area contributed by atoms with Gasteiger partial charge in [0, 0.05) is 23.1 Å². The van der Waals surface area contributed by atoms with Gasteiger partial charge in [0.15, 0.2) is 0 Å². The van der Waals surface area contributed by atoms with Gasteiger partial charge in [-0.05, 0) is 60.9 Å². The van der Waals surface area contributed by atoms with Gasteiger partial charge in [-0.3, -0.25) is 0 Å². The molecular formula is C24H30N2. The number of fused-ring (bicyclic) bond motifs is 3. The number of H-pyrrole nitrogens is 1. The van der Waals surface area contributed by atoms with Gasteiger partial charge >= 0.3 is 0 Å². The van der Waals surface area contributed by atoms with E-state index < -0.39 is 0 Å². The molecule has 0 aliphatic carbocycles. The third kappa shape index (κ3) is 2.87. The molecule has 2 nitrogen and oxygen atoms in total. The minimum atomic E-state index is 0.159. The van der Waals surface area contributed by atoms with Crippen LogP contribution in [0.4, 0.5) is 0 Å². The molecule has 0 saturated carbocycles. The average Bonchev–Trinajstić information content (AvgIpc) is 2.92. The summed E-state index contributed by atoms with van der Waals surface area (Å²) in [5.74, 6) is 0. The first kappa shape index (κ1) is 17.4. The van der Waals surface area contributed by atoms with Gasteiger partial charge in [-0.1, -0.05) is 56.2 Å². The third-order valence-electron chi connectivity index (χ3n) is 5.70. The zero-order chi connectivity index (χ0) is 18.6. The minimum absolute atomic E-state index is 0.159. The average molecular weight is 347 g/mol. The summed E-state index contributed by atoms with van der Waals surface area (Å²) in [6.45, 7) is 14.5. The fourth-order valence-corrected chi connectivity index (χ4v) is 4.38. The fourth-order valence-electron chi connectivity index (χ4n) is 4.38. The lowest BCUT2D eigenvalue weighted by atomic mass is 9.83. The molecule has 0 amide bonds. The van der Waals surface area contributed by atoms with Crippen molar-refractivity contribution < 1.29 is 0 Å². The second-order valence-corrected chi connectivity index (χ2v) is 9.04. The van der Waals surface area contributed by atoms with Crippen molar-refractivity contribution in [2.24, 2.45) is 0 Å². The molecule has 1 aromatic heterocycles. The molecule has 2 heteroatoms. The highest BCUT2D eigenvalue weighted by Gasteiger charge is 2.27. The maximum Gasteiger partial charge on any atom is 0.0732 e. The van der Waals surface area contributed by atoms with Gasteiger partial charge in [-0.15, -0.1) is 0 Å². The highest BCUT2D eigenvalue weighted by atomic mass is 15.0. The molecule has 3 aromatic rings. The summed E-state index contributed by atoms with van der Waals surface area (Å²) in [6, 6.07) is 11.9. The van der Waals surface area contributed by atoms with Crippen molar-refractivity contribution >= 4 is 10.9 Å². The molecule has 0 saturated heterocycles. The standard InChI is InChI=1S/C24H30N2/c1-14-9-16(3)21-20(12-14)19-7-8-25-22(23(19)26-21)17-10-15(2)11-18(13-17)24(4,5)6/h9-13,22,25-26H,7-8H2,1-6H3.